The molecule has 0 radical (unpaired) electrons. The number of aromatic amines is 1. The number of nitrogens with zero attached hydrogens (tertiary/aromatic N) is 2. The van der Waals surface area contributed by atoms with E-state index >= 15 is 0 Å². The number of carbonyl (C=O) groups is 1. The summed E-state index contributed by atoms with van der Waals surface area (Å²) in [6.07, 6.45) is 3.17. The summed E-state index contributed by atoms with van der Waals surface area (Å²) < 4.78 is 0. The lowest BCUT2D eigenvalue weighted by atomic mass is 9.79. The van der Waals surface area contributed by atoms with Crippen LogP contribution in [0, 0.1) is 11.8 Å². The first-order chi connectivity index (χ1) is 11.6. The minimum Gasteiger partial charge on any atom is -0.390 e. The van der Waals surface area contributed by atoms with Crippen LogP contribution >= 0.6 is 0 Å². The topological polar surface area (TPSA) is 89.5 Å². The normalized spacial score (nSPS) is 29.5. The Morgan fingerprint density at radius 1 is 1.17 bits per heavy atom. The van der Waals surface area contributed by atoms with Crippen molar-refractivity contribution in [2.75, 3.05) is 13.1 Å². The monoisotopic (exact) mass is 327 g/mol. The third-order valence-corrected chi connectivity index (χ3v) is 5.32. The van der Waals surface area contributed by atoms with E-state index in [1.807, 2.05) is 29.2 Å². The first-order valence-electron chi connectivity index (χ1n) is 8.36. The van der Waals surface area contributed by atoms with Crippen molar-refractivity contribution in [3.05, 3.63) is 42.4 Å². The van der Waals surface area contributed by atoms with Gasteiger partial charge in [0.2, 0.25) is 0 Å². The number of nitrogens with one attached hydrogen (secondary N) is 1. The van der Waals surface area contributed by atoms with Gasteiger partial charge in [0.25, 0.3) is 5.91 Å². The quantitative estimate of drug-likeness (QED) is 0.775. The van der Waals surface area contributed by atoms with Crippen LogP contribution in [0.1, 0.15) is 23.2 Å². The Kier molecular flexibility index (Phi) is 3.86. The second-order valence-electron chi connectivity index (χ2n) is 6.88. The predicted molar refractivity (Wildman–Crippen MR) is 88.2 cm³/mol. The van der Waals surface area contributed by atoms with Crippen molar-refractivity contribution in [2.45, 2.75) is 25.0 Å². The molecule has 1 aromatic carbocycles. The summed E-state index contributed by atoms with van der Waals surface area (Å²) in [6, 6.07) is 7.52. The molecule has 126 valence electrons. The highest BCUT2D eigenvalue weighted by molar-refractivity contribution is 5.95. The highest BCUT2D eigenvalue weighted by Crippen LogP contribution is 2.37. The average Bonchev–Trinajstić information content (AvgIpc) is 3.24. The lowest BCUT2D eigenvalue weighted by molar-refractivity contribution is -0.0372. The number of benzene rings is 1. The number of aliphatic hydroxyl groups excluding tert-OH is 2. The molecule has 1 aliphatic heterocycles. The van der Waals surface area contributed by atoms with Gasteiger partial charge < -0.3 is 20.1 Å². The van der Waals surface area contributed by atoms with Crippen molar-refractivity contribution in [3.8, 4) is 11.3 Å². The van der Waals surface area contributed by atoms with Gasteiger partial charge in [0.15, 0.2) is 0 Å². The Morgan fingerprint density at radius 3 is 2.50 bits per heavy atom. The largest absolute Gasteiger partial charge is 0.390 e. The highest BCUT2D eigenvalue weighted by atomic mass is 16.3. The molecule has 2 heterocycles. The first-order valence-corrected chi connectivity index (χ1v) is 8.36. The molecule has 1 aliphatic carbocycles. The van der Waals surface area contributed by atoms with Gasteiger partial charge in [-0.3, -0.25) is 4.79 Å². The van der Waals surface area contributed by atoms with E-state index in [-0.39, 0.29) is 17.7 Å². The molecule has 6 heteroatoms. The Morgan fingerprint density at radius 2 is 1.88 bits per heavy atom. The number of amides is 1. The molecule has 2 aromatic rings. The van der Waals surface area contributed by atoms with Crippen molar-refractivity contribution in [1.82, 2.24) is 14.9 Å². The zero-order valence-electron chi connectivity index (χ0n) is 13.3. The van der Waals surface area contributed by atoms with Gasteiger partial charge in [-0.1, -0.05) is 12.1 Å². The van der Waals surface area contributed by atoms with Crippen LogP contribution in [0.15, 0.2) is 36.8 Å². The molecular formula is C18H21N3O3. The zero-order valence-corrected chi connectivity index (χ0v) is 13.3. The van der Waals surface area contributed by atoms with E-state index in [0.29, 0.717) is 31.5 Å². The maximum absolute atomic E-state index is 12.9. The van der Waals surface area contributed by atoms with Crippen LogP contribution < -0.4 is 0 Å². The smallest absolute Gasteiger partial charge is 0.253 e. The van der Waals surface area contributed by atoms with E-state index in [0.717, 1.165) is 11.3 Å². The summed E-state index contributed by atoms with van der Waals surface area (Å²) in [7, 11) is 0. The molecule has 4 atom stereocenters. The van der Waals surface area contributed by atoms with Crippen LogP contribution in [0.5, 0.6) is 0 Å². The van der Waals surface area contributed by atoms with Crippen molar-refractivity contribution in [1.29, 1.82) is 0 Å². The standard InChI is InChI=1S/C18H21N3O3/c22-16-5-13-8-21(9-14(13)6-17(16)23)18(24)12-3-1-2-11(4-12)15-7-19-10-20-15/h1-4,7,10,13-14,16-17,22-23H,5-6,8-9H2,(H,19,20)/t13-,14+,16+,17-. The molecule has 1 amide bonds. The number of H-pyrrole nitrogens is 1. The fourth-order valence-electron chi connectivity index (χ4n) is 3.99. The minimum absolute atomic E-state index is 0.00902. The maximum Gasteiger partial charge on any atom is 0.253 e. The fraction of sp³-hybridized carbons (Fsp3) is 0.444. The molecule has 6 nitrogen and oxygen atoms in total. The molecule has 3 N–H and O–H groups in total. The van der Waals surface area contributed by atoms with Crippen LogP contribution in [0.3, 0.4) is 0 Å². The first kappa shape index (κ1) is 15.4. The van der Waals surface area contributed by atoms with E-state index in [4.69, 9.17) is 0 Å². The van der Waals surface area contributed by atoms with E-state index in [9.17, 15) is 15.0 Å². The number of aliphatic hydroxyl groups is 2. The fourth-order valence-corrected chi connectivity index (χ4v) is 3.99. The van der Waals surface area contributed by atoms with E-state index in [1.165, 1.54) is 0 Å². The molecule has 0 unspecified atom stereocenters. The molecule has 1 aromatic heterocycles. The average molecular weight is 327 g/mol. The Hall–Kier alpha value is -2.18. The number of rotatable bonds is 2. The summed E-state index contributed by atoms with van der Waals surface area (Å²) in [4.78, 5) is 21.8. The predicted octanol–water partition coefficient (Wildman–Crippen LogP) is 1.28. The van der Waals surface area contributed by atoms with Crippen molar-refractivity contribution in [3.63, 3.8) is 0 Å². The van der Waals surface area contributed by atoms with Gasteiger partial charge in [0.1, 0.15) is 0 Å². The second-order valence-corrected chi connectivity index (χ2v) is 6.88. The molecule has 2 fully saturated rings. The van der Waals surface area contributed by atoms with Crippen LogP contribution in [0.2, 0.25) is 0 Å². The number of imidazole rings is 1. The van der Waals surface area contributed by atoms with Crippen LogP contribution in [-0.4, -0.2) is 56.3 Å². The van der Waals surface area contributed by atoms with E-state index in [1.54, 1.807) is 12.5 Å². The number of likely N-dealkylation sites (tertiary alicyclic amines) is 1. The third-order valence-electron chi connectivity index (χ3n) is 5.32. The van der Waals surface area contributed by atoms with Gasteiger partial charge in [-0.25, -0.2) is 4.98 Å². The van der Waals surface area contributed by atoms with Crippen LogP contribution in [-0.2, 0) is 0 Å². The summed E-state index contributed by atoms with van der Waals surface area (Å²) in [5, 5.41) is 19.7. The molecule has 1 saturated carbocycles. The SMILES string of the molecule is O=C(c1cccc(-c2cnc[nH]2)c1)N1C[C@H]2C[C@H](O)[C@H](O)C[C@H]2C1. The molecule has 24 heavy (non-hydrogen) atoms. The summed E-state index contributed by atoms with van der Waals surface area (Å²) >= 11 is 0. The number of carbonyl (C=O) groups excluding carboxylic acids is 1. The Labute approximate surface area is 140 Å². The summed E-state index contributed by atoms with van der Waals surface area (Å²) in [5.41, 5.74) is 2.47. The number of hydrogen-bond acceptors (Lipinski definition) is 4. The number of aromatic nitrogens is 2. The van der Waals surface area contributed by atoms with Gasteiger partial charge >= 0.3 is 0 Å². The Balaban J connectivity index is 1.52. The lowest BCUT2D eigenvalue weighted by Gasteiger charge is -2.31. The highest BCUT2D eigenvalue weighted by Gasteiger charge is 2.42. The van der Waals surface area contributed by atoms with E-state index < -0.39 is 12.2 Å². The van der Waals surface area contributed by atoms with Gasteiger partial charge in [0, 0.05) is 24.2 Å². The summed E-state index contributed by atoms with van der Waals surface area (Å²) in [5.74, 6) is 0.570. The minimum atomic E-state index is -0.662. The van der Waals surface area contributed by atoms with Crippen molar-refractivity contribution in [2.24, 2.45) is 11.8 Å². The van der Waals surface area contributed by atoms with Gasteiger partial charge in [-0.05, 0) is 36.8 Å². The molecule has 0 bridgehead atoms. The summed E-state index contributed by atoms with van der Waals surface area (Å²) in [6.45, 7) is 1.31. The molecule has 1 saturated heterocycles. The maximum atomic E-state index is 12.9. The van der Waals surface area contributed by atoms with Gasteiger partial charge in [-0.15, -0.1) is 0 Å². The lowest BCUT2D eigenvalue weighted by Crippen LogP contribution is -2.38. The molecule has 4 rings (SSSR count). The third kappa shape index (κ3) is 2.72. The molecule has 2 aliphatic rings. The second kappa shape index (κ2) is 6.03. The van der Waals surface area contributed by atoms with Crippen LogP contribution in [0.25, 0.3) is 11.3 Å². The Bertz CT molecular complexity index is 713. The number of fused-ring (bicyclic) bond motifs is 1. The number of hydrogen-bond donors (Lipinski definition) is 3. The zero-order chi connectivity index (χ0) is 16.7. The van der Waals surface area contributed by atoms with Gasteiger partial charge in [0.05, 0.1) is 30.4 Å². The van der Waals surface area contributed by atoms with Gasteiger partial charge in [-0.2, -0.15) is 0 Å². The molecular weight excluding hydrogens is 306 g/mol. The van der Waals surface area contributed by atoms with Crippen LogP contribution in [0.4, 0.5) is 0 Å². The molecule has 0 spiro atoms. The van der Waals surface area contributed by atoms with Crippen molar-refractivity contribution < 1.29 is 15.0 Å². The van der Waals surface area contributed by atoms with Crippen molar-refractivity contribution >= 4 is 5.91 Å². The van der Waals surface area contributed by atoms with E-state index in [2.05, 4.69) is 9.97 Å².